The number of esters is 1. The SMILES string of the molecule is CCC(C)C(NC1CCCCC1CN)C(=O)OC. The maximum Gasteiger partial charge on any atom is 0.323 e. The molecule has 4 atom stereocenters. The fraction of sp³-hybridized carbons (Fsp3) is 0.929. The zero-order valence-electron chi connectivity index (χ0n) is 11.9. The molecule has 1 aliphatic carbocycles. The first-order valence-corrected chi connectivity index (χ1v) is 7.17. The first-order chi connectivity index (χ1) is 8.63. The van der Waals surface area contributed by atoms with Crippen LogP contribution in [0.1, 0.15) is 46.0 Å². The van der Waals surface area contributed by atoms with Gasteiger partial charge in [0.05, 0.1) is 7.11 Å². The Hall–Kier alpha value is -0.610. The molecular formula is C14H28N2O2. The van der Waals surface area contributed by atoms with Crippen molar-refractivity contribution in [3.8, 4) is 0 Å². The second kappa shape index (κ2) is 7.74. The number of hydrogen-bond donors (Lipinski definition) is 2. The third-order valence-electron chi connectivity index (χ3n) is 4.27. The summed E-state index contributed by atoms with van der Waals surface area (Å²) in [5.41, 5.74) is 5.83. The monoisotopic (exact) mass is 256 g/mol. The van der Waals surface area contributed by atoms with Crippen LogP contribution < -0.4 is 11.1 Å². The normalized spacial score (nSPS) is 27.6. The zero-order valence-corrected chi connectivity index (χ0v) is 11.9. The fourth-order valence-electron chi connectivity index (χ4n) is 2.77. The highest BCUT2D eigenvalue weighted by atomic mass is 16.5. The van der Waals surface area contributed by atoms with Crippen molar-refractivity contribution in [1.82, 2.24) is 5.32 Å². The van der Waals surface area contributed by atoms with Crippen molar-refractivity contribution in [3.05, 3.63) is 0 Å². The van der Waals surface area contributed by atoms with Crippen LogP contribution in [0.2, 0.25) is 0 Å². The predicted molar refractivity (Wildman–Crippen MR) is 73.2 cm³/mol. The highest BCUT2D eigenvalue weighted by molar-refractivity contribution is 5.76. The Kier molecular flexibility index (Phi) is 6.65. The van der Waals surface area contributed by atoms with Crippen molar-refractivity contribution in [1.29, 1.82) is 0 Å². The smallest absolute Gasteiger partial charge is 0.323 e. The number of rotatable bonds is 6. The highest BCUT2D eigenvalue weighted by Gasteiger charge is 2.31. The van der Waals surface area contributed by atoms with Crippen LogP contribution in [0.5, 0.6) is 0 Å². The molecule has 0 aromatic rings. The van der Waals surface area contributed by atoms with Gasteiger partial charge in [0, 0.05) is 6.04 Å². The molecule has 0 radical (unpaired) electrons. The molecule has 4 heteroatoms. The molecule has 0 aromatic carbocycles. The summed E-state index contributed by atoms with van der Waals surface area (Å²) >= 11 is 0. The van der Waals surface area contributed by atoms with Gasteiger partial charge in [-0.25, -0.2) is 0 Å². The Morgan fingerprint density at radius 1 is 1.44 bits per heavy atom. The Morgan fingerprint density at radius 2 is 2.11 bits per heavy atom. The molecule has 0 saturated heterocycles. The van der Waals surface area contributed by atoms with E-state index in [1.807, 2.05) is 0 Å². The average molecular weight is 256 g/mol. The molecule has 0 aromatic heterocycles. The molecule has 1 fully saturated rings. The van der Waals surface area contributed by atoms with Gasteiger partial charge < -0.3 is 15.8 Å². The Morgan fingerprint density at radius 3 is 2.67 bits per heavy atom. The minimum atomic E-state index is -0.197. The van der Waals surface area contributed by atoms with Gasteiger partial charge in [0.15, 0.2) is 0 Å². The molecule has 0 amide bonds. The van der Waals surface area contributed by atoms with Gasteiger partial charge in [-0.05, 0) is 31.2 Å². The number of ether oxygens (including phenoxy) is 1. The summed E-state index contributed by atoms with van der Waals surface area (Å²) in [5.74, 6) is 0.637. The molecule has 3 N–H and O–H groups in total. The van der Waals surface area contributed by atoms with E-state index in [4.69, 9.17) is 10.5 Å². The van der Waals surface area contributed by atoms with E-state index in [1.54, 1.807) is 0 Å². The molecule has 0 bridgehead atoms. The van der Waals surface area contributed by atoms with Crippen molar-refractivity contribution in [2.75, 3.05) is 13.7 Å². The van der Waals surface area contributed by atoms with Gasteiger partial charge in [-0.15, -0.1) is 0 Å². The Bertz CT molecular complexity index is 258. The Balaban J connectivity index is 2.66. The minimum Gasteiger partial charge on any atom is -0.468 e. The standard InChI is InChI=1S/C14H28N2O2/c1-4-10(2)13(14(17)18-3)16-12-8-6-5-7-11(12)9-15/h10-13,16H,4-9,15H2,1-3H3. The van der Waals surface area contributed by atoms with Crippen molar-refractivity contribution in [2.24, 2.45) is 17.6 Å². The molecule has 0 aliphatic heterocycles. The summed E-state index contributed by atoms with van der Waals surface area (Å²) in [4.78, 5) is 11.9. The van der Waals surface area contributed by atoms with Crippen LogP contribution in [0.25, 0.3) is 0 Å². The lowest BCUT2D eigenvalue weighted by molar-refractivity contribution is -0.145. The van der Waals surface area contributed by atoms with Gasteiger partial charge >= 0.3 is 5.97 Å². The summed E-state index contributed by atoms with van der Waals surface area (Å²) < 4.78 is 4.91. The average Bonchev–Trinajstić information content (AvgIpc) is 2.43. The maximum atomic E-state index is 11.9. The van der Waals surface area contributed by atoms with Crippen LogP contribution in [0, 0.1) is 11.8 Å². The number of carbonyl (C=O) groups excluding carboxylic acids is 1. The van der Waals surface area contributed by atoms with Crippen LogP contribution in [0.3, 0.4) is 0 Å². The van der Waals surface area contributed by atoms with Crippen molar-refractivity contribution in [2.45, 2.75) is 58.0 Å². The predicted octanol–water partition coefficient (Wildman–Crippen LogP) is 1.68. The molecule has 0 spiro atoms. The molecule has 1 aliphatic rings. The van der Waals surface area contributed by atoms with Crippen LogP contribution in [-0.2, 0) is 9.53 Å². The molecule has 0 heterocycles. The molecule has 4 nitrogen and oxygen atoms in total. The topological polar surface area (TPSA) is 64.3 Å². The lowest BCUT2D eigenvalue weighted by Gasteiger charge is -2.35. The van der Waals surface area contributed by atoms with E-state index in [9.17, 15) is 4.79 Å². The number of hydrogen-bond acceptors (Lipinski definition) is 4. The quantitative estimate of drug-likeness (QED) is 0.710. The van der Waals surface area contributed by atoms with Gasteiger partial charge in [-0.2, -0.15) is 0 Å². The Labute approximate surface area is 111 Å². The van der Waals surface area contributed by atoms with Gasteiger partial charge in [0.1, 0.15) is 6.04 Å². The van der Waals surface area contributed by atoms with E-state index < -0.39 is 0 Å². The third-order valence-corrected chi connectivity index (χ3v) is 4.27. The van der Waals surface area contributed by atoms with Gasteiger partial charge in [-0.3, -0.25) is 4.79 Å². The lowest BCUT2D eigenvalue weighted by Crippen LogP contribution is -2.52. The van der Waals surface area contributed by atoms with E-state index in [0.29, 0.717) is 18.5 Å². The summed E-state index contributed by atoms with van der Waals surface area (Å²) in [6, 6.07) is 0.166. The number of methoxy groups -OCH3 is 1. The van der Waals surface area contributed by atoms with Gasteiger partial charge in [0.25, 0.3) is 0 Å². The molecule has 106 valence electrons. The van der Waals surface area contributed by atoms with Gasteiger partial charge in [-0.1, -0.05) is 33.1 Å². The second-order valence-electron chi connectivity index (χ2n) is 5.44. The van der Waals surface area contributed by atoms with Crippen LogP contribution in [0.15, 0.2) is 0 Å². The second-order valence-corrected chi connectivity index (χ2v) is 5.44. The zero-order chi connectivity index (χ0) is 13.5. The number of carbonyl (C=O) groups is 1. The summed E-state index contributed by atoms with van der Waals surface area (Å²) in [6.07, 6.45) is 5.73. The van der Waals surface area contributed by atoms with Gasteiger partial charge in [0.2, 0.25) is 0 Å². The van der Waals surface area contributed by atoms with E-state index in [1.165, 1.54) is 26.4 Å². The molecule has 1 rings (SSSR count). The molecule has 18 heavy (non-hydrogen) atoms. The van der Waals surface area contributed by atoms with E-state index >= 15 is 0 Å². The maximum absolute atomic E-state index is 11.9. The highest BCUT2D eigenvalue weighted by Crippen LogP contribution is 2.25. The van der Waals surface area contributed by atoms with Crippen LogP contribution in [0.4, 0.5) is 0 Å². The van der Waals surface area contributed by atoms with Crippen LogP contribution in [-0.4, -0.2) is 31.7 Å². The summed E-state index contributed by atoms with van der Waals surface area (Å²) in [6.45, 7) is 4.89. The van der Waals surface area contributed by atoms with Crippen molar-refractivity contribution < 1.29 is 9.53 Å². The summed E-state index contributed by atoms with van der Waals surface area (Å²) in [5, 5.41) is 3.50. The first kappa shape index (κ1) is 15.4. The van der Waals surface area contributed by atoms with Crippen LogP contribution >= 0.6 is 0 Å². The first-order valence-electron chi connectivity index (χ1n) is 7.17. The molecule has 4 unspecified atom stereocenters. The van der Waals surface area contributed by atoms with E-state index in [0.717, 1.165) is 12.8 Å². The van der Waals surface area contributed by atoms with E-state index in [2.05, 4.69) is 19.2 Å². The van der Waals surface area contributed by atoms with E-state index in [-0.39, 0.29) is 17.9 Å². The lowest BCUT2D eigenvalue weighted by atomic mass is 9.83. The number of nitrogens with two attached hydrogens (primary N) is 1. The minimum absolute atomic E-state index is 0.148. The largest absolute Gasteiger partial charge is 0.468 e. The molecular weight excluding hydrogens is 228 g/mol. The van der Waals surface area contributed by atoms with Crippen molar-refractivity contribution in [3.63, 3.8) is 0 Å². The fourth-order valence-corrected chi connectivity index (χ4v) is 2.77. The third kappa shape index (κ3) is 3.95. The number of nitrogens with one attached hydrogen (secondary N) is 1. The van der Waals surface area contributed by atoms with Crippen molar-refractivity contribution >= 4 is 5.97 Å². The molecule has 1 saturated carbocycles. The summed E-state index contributed by atoms with van der Waals surface area (Å²) in [7, 11) is 1.46.